The monoisotopic (exact) mass is 340 g/mol. The first-order valence-corrected chi connectivity index (χ1v) is 8.71. The van der Waals surface area contributed by atoms with Crippen LogP contribution < -0.4 is 5.32 Å². The molecule has 0 fully saturated rings. The van der Waals surface area contributed by atoms with Gasteiger partial charge in [0.15, 0.2) is 5.76 Å². The molecule has 2 heterocycles. The van der Waals surface area contributed by atoms with Gasteiger partial charge < -0.3 is 14.6 Å². The van der Waals surface area contributed by atoms with Gasteiger partial charge >= 0.3 is 0 Å². The number of para-hydroxylation sites is 1. The average molecular weight is 340 g/mol. The van der Waals surface area contributed by atoms with E-state index in [9.17, 15) is 0 Å². The van der Waals surface area contributed by atoms with Crippen molar-refractivity contribution in [2.45, 2.75) is 20.4 Å². The van der Waals surface area contributed by atoms with E-state index in [-0.39, 0.29) is 5.41 Å². The first-order chi connectivity index (χ1) is 11.8. The predicted molar refractivity (Wildman–Crippen MR) is 102 cm³/mol. The number of hydrogen-bond acceptors (Lipinski definition) is 4. The van der Waals surface area contributed by atoms with Crippen molar-refractivity contribution in [1.29, 1.82) is 0 Å². The summed E-state index contributed by atoms with van der Waals surface area (Å²) in [5.41, 5.74) is 3.18. The first-order valence-electron chi connectivity index (χ1n) is 8.71. The second-order valence-corrected chi connectivity index (χ2v) is 7.83. The third-order valence-corrected chi connectivity index (χ3v) is 4.23. The zero-order valence-corrected chi connectivity index (χ0v) is 15.8. The molecular weight excluding hydrogens is 312 g/mol. The number of nitrogens with one attached hydrogen (secondary N) is 1. The smallest absolute Gasteiger partial charge is 0.156 e. The summed E-state index contributed by atoms with van der Waals surface area (Å²) in [5, 5.41) is 9.30. The molecule has 0 bridgehead atoms. The third kappa shape index (κ3) is 4.30. The van der Waals surface area contributed by atoms with Crippen molar-refractivity contribution < 1.29 is 4.42 Å². The van der Waals surface area contributed by atoms with E-state index in [4.69, 9.17) is 4.42 Å². The highest BCUT2D eigenvalue weighted by atomic mass is 16.3. The van der Waals surface area contributed by atoms with Crippen molar-refractivity contribution in [2.75, 3.05) is 27.2 Å². The number of furan rings is 1. The van der Waals surface area contributed by atoms with Crippen molar-refractivity contribution in [2.24, 2.45) is 12.5 Å². The molecule has 5 nitrogen and oxygen atoms in total. The van der Waals surface area contributed by atoms with Crippen molar-refractivity contribution in [3.8, 4) is 11.5 Å². The van der Waals surface area contributed by atoms with Crippen LogP contribution in [0.4, 0.5) is 0 Å². The molecule has 0 atom stereocenters. The quantitative estimate of drug-likeness (QED) is 0.715. The van der Waals surface area contributed by atoms with Crippen LogP contribution in [-0.4, -0.2) is 41.9 Å². The minimum atomic E-state index is 0.214. The number of aryl methyl sites for hydroxylation is 1. The van der Waals surface area contributed by atoms with Crippen LogP contribution in [0.25, 0.3) is 22.4 Å². The fraction of sp³-hybridized carbons (Fsp3) is 0.450. The normalized spacial score (nSPS) is 12.4. The van der Waals surface area contributed by atoms with Crippen LogP contribution in [0.3, 0.4) is 0 Å². The van der Waals surface area contributed by atoms with Crippen molar-refractivity contribution >= 4 is 11.0 Å². The molecule has 0 spiro atoms. The second kappa shape index (κ2) is 7.02. The van der Waals surface area contributed by atoms with Crippen LogP contribution in [0.5, 0.6) is 0 Å². The minimum absolute atomic E-state index is 0.214. The van der Waals surface area contributed by atoms with E-state index in [2.05, 4.69) is 61.6 Å². The van der Waals surface area contributed by atoms with Gasteiger partial charge in [-0.05, 0) is 31.6 Å². The molecule has 25 heavy (non-hydrogen) atoms. The molecule has 5 heteroatoms. The van der Waals surface area contributed by atoms with Gasteiger partial charge in [0.25, 0.3) is 0 Å². The lowest BCUT2D eigenvalue weighted by molar-refractivity contribution is 0.232. The Labute approximate surface area is 149 Å². The molecule has 0 aliphatic carbocycles. The largest absolute Gasteiger partial charge is 0.454 e. The molecule has 0 amide bonds. The highest BCUT2D eigenvalue weighted by Crippen LogP contribution is 2.29. The van der Waals surface area contributed by atoms with Gasteiger partial charge in [0.05, 0.1) is 0 Å². The van der Waals surface area contributed by atoms with Gasteiger partial charge in [0, 0.05) is 43.8 Å². The Morgan fingerprint density at radius 2 is 2.00 bits per heavy atom. The summed E-state index contributed by atoms with van der Waals surface area (Å²) in [4.78, 5) is 2.23. The van der Waals surface area contributed by atoms with Gasteiger partial charge in [0.1, 0.15) is 11.3 Å². The number of nitrogens with zero attached hydrogens (tertiary/aromatic N) is 3. The zero-order valence-electron chi connectivity index (χ0n) is 15.8. The molecular formula is C20H28N4O. The van der Waals surface area contributed by atoms with Crippen LogP contribution in [0.1, 0.15) is 19.4 Å². The molecule has 2 aromatic heterocycles. The van der Waals surface area contributed by atoms with E-state index in [0.717, 1.165) is 47.6 Å². The number of benzene rings is 1. The lowest BCUT2D eigenvalue weighted by atomic mass is 9.93. The standard InChI is InChI=1S/C20H28N4O/c1-20(2,14-23(3)4)13-21-11-16-12-24(5)22-19(16)18-10-15-8-6-7-9-17(15)25-18/h6-10,12,21H,11,13-14H2,1-5H3. The fourth-order valence-corrected chi connectivity index (χ4v) is 3.42. The lowest BCUT2D eigenvalue weighted by Crippen LogP contribution is -2.37. The molecule has 3 rings (SSSR count). The van der Waals surface area contributed by atoms with Crippen LogP contribution >= 0.6 is 0 Å². The number of aromatic nitrogens is 2. The van der Waals surface area contributed by atoms with Gasteiger partial charge in [-0.2, -0.15) is 5.10 Å². The molecule has 0 saturated heterocycles. The fourth-order valence-electron chi connectivity index (χ4n) is 3.42. The van der Waals surface area contributed by atoms with Gasteiger partial charge in [-0.25, -0.2) is 0 Å². The number of hydrogen-bond donors (Lipinski definition) is 1. The zero-order chi connectivity index (χ0) is 18.0. The second-order valence-electron chi connectivity index (χ2n) is 7.83. The SMILES string of the molecule is CN(C)CC(C)(C)CNCc1cn(C)nc1-c1cc2ccccc2o1. The van der Waals surface area contributed by atoms with Crippen LogP contribution in [0.15, 0.2) is 40.9 Å². The van der Waals surface area contributed by atoms with Crippen molar-refractivity contribution in [3.63, 3.8) is 0 Å². The van der Waals surface area contributed by atoms with Crippen LogP contribution in [0.2, 0.25) is 0 Å². The Hall–Kier alpha value is -2.11. The average Bonchev–Trinajstić information content (AvgIpc) is 3.08. The summed E-state index contributed by atoms with van der Waals surface area (Å²) in [5.74, 6) is 0.825. The Morgan fingerprint density at radius 3 is 2.72 bits per heavy atom. The molecule has 1 N–H and O–H groups in total. The Bertz CT molecular complexity index is 811. The number of rotatable bonds is 7. The molecule has 0 aliphatic heterocycles. The van der Waals surface area contributed by atoms with Crippen molar-refractivity contribution in [1.82, 2.24) is 20.0 Å². The third-order valence-electron chi connectivity index (χ3n) is 4.23. The molecule has 0 radical (unpaired) electrons. The van der Waals surface area contributed by atoms with E-state index < -0.39 is 0 Å². The Kier molecular flexibility index (Phi) is 4.97. The van der Waals surface area contributed by atoms with Gasteiger partial charge in [-0.1, -0.05) is 32.0 Å². The van der Waals surface area contributed by atoms with Crippen LogP contribution in [-0.2, 0) is 13.6 Å². The Balaban J connectivity index is 1.75. The molecule has 0 saturated carbocycles. The van der Waals surface area contributed by atoms with Crippen molar-refractivity contribution in [3.05, 3.63) is 42.1 Å². The summed E-state index contributed by atoms with van der Waals surface area (Å²) in [6.07, 6.45) is 2.06. The predicted octanol–water partition coefficient (Wildman–Crippen LogP) is 3.51. The first kappa shape index (κ1) is 17.7. The molecule has 1 aromatic carbocycles. The summed E-state index contributed by atoms with van der Waals surface area (Å²) in [6, 6.07) is 10.1. The molecule has 3 aromatic rings. The highest BCUT2D eigenvalue weighted by molar-refractivity contribution is 5.82. The highest BCUT2D eigenvalue weighted by Gasteiger charge is 2.19. The topological polar surface area (TPSA) is 46.2 Å². The molecule has 0 unspecified atom stereocenters. The van der Waals surface area contributed by atoms with Crippen LogP contribution in [0, 0.1) is 5.41 Å². The van der Waals surface area contributed by atoms with Gasteiger partial charge in [-0.15, -0.1) is 0 Å². The Morgan fingerprint density at radius 1 is 1.24 bits per heavy atom. The summed E-state index contributed by atoms with van der Waals surface area (Å²) in [6.45, 7) is 7.33. The lowest BCUT2D eigenvalue weighted by Gasteiger charge is -2.28. The summed E-state index contributed by atoms with van der Waals surface area (Å²) >= 11 is 0. The van der Waals surface area contributed by atoms with E-state index >= 15 is 0 Å². The van der Waals surface area contributed by atoms with Gasteiger partial charge in [-0.3, -0.25) is 4.68 Å². The number of fused-ring (bicyclic) bond motifs is 1. The van der Waals surface area contributed by atoms with E-state index in [1.165, 1.54) is 0 Å². The minimum Gasteiger partial charge on any atom is -0.454 e. The van der Waals surface area contributed by atoms with Gasteiger partial charge in [0.2, 0.25) is 0 Å². The van der Waals surface area contributed by atoms with E-state index in [1.54, 1.807) is 0 Å². The molecule has 0 aliphatic rings. The summed E-state index contributed by atoms with van der Waals surface area (Å²) < 4.78 is 7.85. The van der Waals surface area contributed by atoms with E-state index in [1.807, 2.05) is 29.9 Å². The maximum absolute atomic E-state index is 6.00. The maximum atomic E-state index is 6.00. The van der Waals surface area contributed by atoms with E-state index in [0.29, 0.717) is 0 Å². The maximum Gasteiger partial charge on any atom is 0.156 e. The molecule has 134 valence electrons. The summed E-state index contributed by atoms with van der Waals surface area (Å²) in [7, 11) is 6.18.